The predicted molar refractivity (Wildman–Crippen MR) is 92.6 cm³/mol. The molecule has 3 aromatic rings. The van der Waals surface area contributed by atoms with Crippen molar-refractivity contribution in [1.29, 1.82) is 0 Å². The first-order chi connectivity index (χ1) is 12.7. The molecular formula is C18H17F3N4O2. The van der Waals surface area contributed by atoms with Gasteiger partial charge >= 0.3 is 6.18 Å². The molecule has 0 aliphatic rings. The molecule has 9 heteroatoms. The Morgan fingerprint density at radius 2 is 1.89 bits per heavy atom. The molecule has 3 rings (SSSR count). The molecule has 2 heterocycles. The Morgan fingerprint density at radius 3 is 2.44 bits per heavy atom. The number of benzene rings is 1. The summed E-state index contributed by atoms with van der Waals surface area (Å²) in [7, 11) is 1.49. The molecule has 1 N–H and O–H groups in total. The van der Waals surface area contributed by atoms with Gasteiger partial charge in [0.05, 0.1) is 19.0 Å². The molecule has 6 nitrogen and oxygen atoms in total. The topological polar surface area (TPSA) is 68.5 Å². The van der Waals surface area contributed by atoms with Crippen molar-refractivity contribution in [3.8, 4) is 17.0 Å². The lowest BCUT2D eigenvalue weighted by atomic mass is 10.1. The maximum atomic E-state index is 13.5. The number of carbonyl (C=O) groups excluding carboxylic acids is 1. The summed E-state index contributed by atoms with van der Waals surface area (Å²) in [6.45, 7) is 3.50. The van der Waals surface area contributed by atoms with Crippen LogP contribution in [0.5, 0.6) is 5.75 Å². The van der Waals surface area contributed by atoms with Crippen LogP contribution in [0.15, 0.2) is 36.5 Å². The molecule has 142 valence electrons. The van der Waals surface area contributed by atoms with Crippen molar-refractivity contribution in [3.05, 3.63) is 47.8 Å². The summed E-state index contributed by atoms with van der Waals surface area (Å²) in [6, 6.07) is 7.17. The van der Waals surface area contributed by atoms with Gasteiger partial charge in [0.15, 0.2) is 11.3 Å². The number of hydrogen-bond donors (Lipinski definition) is 1. The molecule has 0 aliphatic heterocycles. The lowest BCUT2D eigenvalue weighted by Crippen LogP contribution is -2.30. The van der Waals surface area contributed by atoms with Crippen molar-refractivity contribution in [3.63, 3.8) is 0 Å². The molecule has 0 aliphatic carbocycles. The number of carbonyl (C=O) groups is 1. The van der Waals surface area contributed by atoms with Gasteiger partial charge in [-0.05, 0) is 44.2 Å². The Kier molecular flexibility index (Phi) is 4.77. The molecule has 2 aromatic heterocycles. The first-order valence-electron chi connectivity index (χ1n) is 8.12. The fourth-order valence-corrected chi connectivity index (χ4v) is 2.57. The van der Waals surface area contributed by atoms with E-state index in [2.05, 4.69) is 15.4 Å². The molecule has 1 amide bonds. The average Bonchev–Trinajstić information content (AvgIpc) is 3.03. The third kappa shape index (κ3) is 3.71. The molecule has 0 saturated carbocycles. The quantitative estimate of drug-likeness (QED) is 0.754. The second-order valence-corrected chi connectivity index (χ2v) is 6.17. The third-order valence-electron chi connectivity index (χ3n) is 3.81. The molecule has 27 heavy (non-hydrogen) atoms. The number of hydrogen-bond acceptors (Lipinski definition) is 4. The van der Waals surface area contributed by atoms with Gasteiger partial charge in [0.1, 0.15) is 11.3 Å². The first kappa shape index (κ1) is 18.7. The van der Waals surface area contributed by atoms with E-state index in [0.29, 0.717) is 15.8 Å². The van der Waals surface area contributed by atoms with E-state index in [9.17, 15) is 18.0 Å². The number of fused-ring (bicyclic) bond motifs is 1. The third-order valence-corrected chi connectivity index (χ3v) is 3.81. The van der Waals surface area contributed by atoms with E-state index in [0.717, 1.165) is 12.3 Å². The zero-order valence-electron chi connectivity index (χ0n) is 14.8. The Bertz CT molecular complexity index is 979. The number of methoxy groups -OCH3 is 1. The highest BCUT2D eigenvalue weighted by Crippen LogP contribution is 2.33. The smallest absolute Gasteiger partial charge is 0.433 e. The zero-order valence-corrected chi connectivity index (χ0v) is 14.8. The minimum Gasteiger partial charge on any atom is -0.497 e. The molecule has 0 radical (unpaired) electrons. The monoisotopic (exact) mass is 378 g/mol. The van der Waals surface area contributed by atoms with Crippen LogP contribution < -0.4 is 10.1 Å². The molecule has 0 unspecified atom stereocenters. The summed E-state index contributed by atoms with van der Waals surface area (Å²) in [5.74, 6) is 0.0322. The number of rotatable bonds is 4. The van der Waals surface area contributed by atoms with E-state index < -0.39 is 17.8 Å². The van der Waals surface area contributed by atoms with Crippen molar-refractivity contribution in [2.45, 2.75) is 26.1 Å². The number of ether oxygens (including phenoxy) is 1. The fraction of sp³-hybridized carbons (Fsp3) is 0.278. The summed E-state index contributed by atoms with van der Waals surface area (Å²) < 4.78 is 46.3. The van der Waals surface area contributed by atoms with Crippen molar-refractivity contribution in [2.24, 2.45) is 0 Å². The van der Waals surface area contributed by atoms with Gasteiger partial charge in [-0.15, -0.1) is 0 Å². The second-order valence-electron chi connectivity index (χ2n) is 6.17. The maximum absolute atomic E-state index is 13.5. The van der Waals surface area contributed by atoms with E-state index in [1.165, 1.54) is 7.11 Å². The van der Waals surface area contributed by atoms with Crippen LogP contribution in [0.25, 0.3) is 16.9 Å². The van der Waals surface area contributed by atoms with E-state index in [1.54, 1.807) is 38.1 Å². The Hall–Kier alpha value is -3.10. The Balaban J connectivity index is 2.21. The molecule has 0 saturated heterocycles. The summed E-state index contributed by atoms with van der Waals surface area (Å²) in [4.78, 5) is 16.6. The molecule has 0 spiro atoms. The summed E-state index contributed by atoms with van der Waals surface area (Å²) in [6.07, 6.45) is -3.58. The molecule has 0 atom stereocenters. The van der Waals surface area contributed by atoms with Crippen LogP contribution in [0.3, 0.4) is 0 Å². The highest BCUT2D eigenvalue weighted by atomic mass is 19.4. The SMILES string of the molecule is COc1ccc(-c2cc(C(F)(F)F)n3ncc(C(=O)NC(C)C)c3n2)cc1. The van der Waals surface area contributed by atoms with Crippen LogP contribution in [0.2, 0.25) is 0 Å². The summed E-state index contributed by atoms with van der Waals surface area (Å²) in [5, 5.41) is 6.37. The molecule has 0 fully saturated rings. The number of halogens is 3. The van der Waals surface area contributed by atoms with Crippen molar-refractivity contribution < 1.29 is 22.7 Å². The van der Waals surface area contributed by atoms with E-state index in [1.807, 2.05) is 0 Å². The number of nitrogens with zero attached hydrogens (tertiary/aromatic N) is 3. The van der Waals surface area contributed by atoms with Crippen LogP contribution in [0.1, 0.15) is 29.9 Å². The van der Waals surface area contributed by atoms with Crippen LogP contribution >= 0.6 is 0 Å². The van der Waals surface area contributed by atoms with Gasteiger partial charge in [0, 0.05) is 11.6 Å². The average molecular weight is 378 g/mol. The van der Waals surface area contributed by atoms with Crippen molar-refractivity contribution in [1.82, 2.24) is 19.9 Å². The molecule has 1 aromatic carbocycles. The molecular weight excluding hydrogens is 361 g/mol. The van der Waals surface area contributed by atoms with E-state index in [-0.39, 0.29) is 22.9 Å². The fourth-order valence-electron chi connectivity index (χ4n) is 2.57. The number of alkyl halides is 3. The number of amides is 1. The highest BCUT2D eigenvalue weighted by Gasteiger charge is 2.36. The van der Waals surface area contributed by atoms with Gasteiger partial charge in [0.2, 0.25) is 0 Å². The van der Waals surface area contributed by atoms with E-state index >= 15 is 0 Å². The normalized spacial score (nSPS) is 11.8. The van der Waals surface area contributed by atoms with Gasteiger partial charge in [0.25, 0.3) is 5.91 Å². The van der Waals surface area contributed by atoms with Gasteiger partial charge in [-0.25, -0.2) is 9.50 Å². The lowest BCUT2D eigenvalue weighted by molar-refractivity contribution is -0.142. The number of nitrogens with one attached hydrogen (secondary N) is 1. The Morgan fingerprint density at radius 1 is 1.22 bits per heavy atom. The van der Waals surface area contributed by atoms with Crippen LogP contribution in [-0.2, 0) is 6.18 Å². The molecule has 0 bridgehead atoms. The van der Waals surface area contributed by atoms with Crippen molar-refractivity contribution >= 4 is 11.6 Å². The van der Waals surface area contributed by atoms with Gasteiger partial charge in [-0.2, -0.15) is 18.3 Å². The van der Waals surface area contributed by atoms with Crippen LogP contribution in [-0.4, -0.2) is 33.7 Å². The summed E-state index contributed by atoms with van der Waals surface area (Å²) >= 11 is 0. The largest absolute Gasteiger partial charge is 0.497 e. The number of aromatic nitrogens is 3. The minimum absolute atomic E-state index is 0.0236. The summed E-state index contributed by atoms with van der Waals surface area (Å²) in [5.41, 5.74) is -0.655. The zero-order chi connectivity index (χ0) is 19.8. The minimum atomic E-state index is -4.67. The highest BCUT2D eigenvalue weighted by molar-refractivity contribution is 6.00. The van der Waals surface area contributed by atoms with E-state index in [4.69, 9.17) is 4.74 Å². The van der Waals surface area contributed by atoms with Gasteiger partial charge < -0.3 is 10.1 Å². The van der Waals surface area contributed by atoms with Crippen LogP contribution in [0.4, 0.5) is 13.2 Å². The first-order valence-corrected chi connectivity index (χ1v) is 8.12. The standard InChI is InChI=1S/C18H17F3N4O2/c1-10(2)23-17(26)13-9-22-25-15(18(19,20)21)8-14(24-16(13)25)11-4-6-12(27-3)7-5-11/h4-10H,1-3H3,(H,23,26). The van der Waals surface area contributed by atoms with Crippen molar-refractivity contribution in [2.75, 3.05) is 7.11 Å². The predicted octanol–water partition coefficient (Wildman–Crippen LogP) is 3.56. The van der Waals surface area contributed by atoms with Gasteiger partial charge in [-0.1, -0.05) is 0 Å². The Labute approximate surface area is 153 Å². The van der Waals surface area contributed by atoms with Gasteiger partial charge in [-0.3, -0.25) is 4.79 Å². The van der Waals surface area contributed by atoms with Crippen LogP contribution in [0, 0.1) is 0 Å². The lowest BCUT2D eigenvalue weighted by Gasteiger charge is -2.12. The second kappa shape index (κ2) is 6.90. The maximum Gasteiger partial charge on any atom is 0.433 e.